The average Bonchev–Trinajstić information content (AvgIpc) is 3.06. The summed E-state index contributed by atoms with van der Waals surface area (Å²) in [5, 5.41) is 5.87. The quantitative estimate of drug-likeness (QED) is 0.320. The van der Waals surface area contributed by atoms with Crippen LogP contribution in [-0.2, 0) is 7.05 Å². The van der Waals surface area contributed by atoms with E-state index in [1.807, 2.05) is 12.1 Å². The Balaban J connectivity index is 0.00000180. The first-order chi connectivity index (χ1) is 12.7. The SMILES string of the molecule is Cc1ccc(Nc2c3ccccc3[n+](C)c3c2oc2ccccc23)cc1.[I-]. The van der Waals surface area contributed by atoms with Gasteiger partial charge in [0.2, 0.25) is 11.1 Å². The highest BCUT2D eigenvalue weighted by molar-refractivity contribution is 6.11. The number of aromatic nitrogens is 1. The van der Waals surface area contributed by atoms with Gasteiger partial charge in [-0.05, 0) is 37.3 Å². The third-order valence-corrected chi connectivity index (χ3v) is 4.99. The first-order valence-corrected chi connectivity index (χ1v) is 8.78. The van der Waals surface area contributed by atoms with Crippen LogP contribution < -0.4 is 33.9 Å². The van der Waals surface area contributed by atoms with Crippen molar-refractivity contribution in [3.05, 3.63) is 78.4 Å². The molecular weight excluding hydrogens is 447 g/mol. The first kappa shape index (κ1) is 17.8. The molecule has 0 bridgehead atoms. The number of nitrogens with one attached hydrogen (secondary N) is 1. The molecule has 0 saturated carbocycles. The van der Waals surface area contributed by atoms with Crippen LogP contribution in [0.5, 0.6) is 0 Å². The molecule has 1 N–H and O–H groups in total. The Bertz CT molecular complexity index is 1270. The molecule has 4 heteroatoms. The predicted molar refractivity (Wildman–Crippen MR) is 107 cm³/mol. The summed E-state index contributed by atoms with van der Waals surface area (Å²) in [5.74, 6) is 0. The zero-order valence-electron chi connectivity index (χ0n) is 15.2. The van der Waals surface area contributed by atoms with Gasteiger partial charge in [-0.1, -0.05) is 42.0 Å². The molecule has 0 aliphatic carbocycles. The number of hydrogen-bond donors (Lipinski definition) is 1. The van der Waals surface area contributed by atoms with E-state index in [4.69, 9.17) is 4.42 Å². The van der Waals surface area contributed by atoms with Gasteiger partial charge in [0.05, 0.1) is 10.8 Å². The van der Waals surface area contributed by atoms with Gasteiger partial charge in [-0.2, -0.15) is 4.57 Å². The molecule has 0 unspecified atom stereocenters. The standard InChI is InChI=1S/C23H18N2O.HI/c1-15-11-13-16(14-12-15)24-21-17-7-3-5-9-19(17)25(2)22-18-8-4-6-10-20(18)26-23(21)22;/h3-14H,1-2H3;1H. The lowest BCUT2D eigenvalue weighted by Crippen LogP contribution is -3.00. The molecule has 27 heavy (non-hydrogen) atoms. The molecule has 3 aromatic carbocycles. The number of rotatable bonds is 2. The van der Waals surface area contributed by atoms with Gasteiger partial charge in [-0.15, -0.1) is 0 Å². The number of aryl methyl sites for hydroxylation is 2. The van der Waals surface area contributed by atoms with E-state index in [1.165, 1.54) is 11.1 Å². The minimum atomic E-state index is 0. The Hall–Kier alpha value is -2.60. The van der Waals surface area contributed by atoms with Gasteiger partial charge in [0.25, 0.3) is 5.52 Å². The Morgan fingerprint density at radius 3 is 2.26 bits per heavy atom. The molecule has 134 valence electrons. The summed E-state index contributed by atoms with van der Waals surface area (Å²) in [6, 6.07) is 25.1. The molecule has 0 atom stereocenters. The number of benzene rings is 3. The van der Waals surface area contributed by atoms with E-state index in [-0.39, 0.29) is 24.0 Å². The smallest absolute Gasteiger partial charge is 0.261 e. The van der Waals surface area contributed by atoms with Crippen LogP contribution in [0.1, 0.15) is 5.56 Å². The minimum absolute atomic E-state index is 0. The van der Waals surface area contributed by atoms with Gasteiger partial charge in [-0.3, -0.25) is 0 Å². The maximum atomic E-state index is 6.29. The van der Waals surface area contributed by atoms with E-state index in [0.29, 0.717) is 0 Å². The van der Waals surface area contributed by atoms with E-state index in [2.05, 4.69) is 84.5 Å². The molecule has 0 amide bonds. The summed E-state index contributed by atoms with van der Waals surface area (Å²) in [6.07, 6.45) is 0. The Kier molecular flexibility index (Phi) is 4.52. The van der Waals surface area contributed by atoms with E-state index in [9.17, 15) is 0 Å². The largest absolute Gasteiger partial charge is 1.00 e. The van der Waals surface area contributed by atoms with Gasteiger partial charge in [-0.25, -0.2) is 0 Å². The number of pyridine rings is 1. The highest BCUT2D eigenvalue weighted by Crippen LogP contribution is 2.37. The molecule has 0 saturated heterocycles. The second-order valence-corrected chi connectivity index (χ2v) is 6.72. The van der Waals surface area contributed by atoms with Crippen molar-refractivity contribution in [2.75, 3.05) is 5.32 Å². The molecule has 5 aromatic rings. The number of fused-ring (bicyclic) bond motifs is 4. The van der Waals surface area contributed by atoms with E-state index >= 15 is 0 Å². The van der Waals surface area contributed by atoms with Crippen molar-refractivity contribution >= 4 is 44.3 Å². The number of furan rings is 1. The van der Waals surface area contributed by atoms with Crippen molar-refractivity contribution in [3.63, 3.8) is 0 Å². The fraction of sp³-hybridized carbons (Fsp3) is 0.0870. The van der Waals surface area contributed by atoms with Crippen LogP contribution >= 0.6 is 0 Å². The van der Waals surface area contributed by atoms with Crippen molar-refractivity contribution in [2.24, 2.45) is 7.05 Å². The highest BCUT2D eigenvalue weighted by atomic mass is 127. The topological polar surface area (TPSA) is 29.1 Å². The van der Waals surface area contributed by atoms with Crippen LogP contribution in [0.15, 0.2) is 77.2 Å². The summed E-state index contributed by atoms with van der Waals surface area (Å²) in [7, 11) is 2.10. The predicted octanol–water partition coefficient (Wildman–Crippen LogP) is 2.62. The van der Waals surface area contributed by atoms with Crippen LogP contribution in [0.3, 0.4) is 0 Å². The summed E-state index contributed by atoms with van der Waals surface area (Å²) < 4.78 is 8.50. The molecule has 3 nitrogen and oxygen atoms in total. The fourth-order valence-corrected chi connectivity index (χ4v) is 3.66. The van der Waals surface area contributed by atoms with Crippen molar-refractivity contribution in [1.29, 1.82) is 0 Å². The normalized spacial score (nSPS) is 11.0. The van der Waals surface area contributed by atoms with Crippen LogP contribution in [-0.4, -0.2) is 0 Å². The molecule has 5 rings (SSSR count). The molecule has 0 aliphatic rings. The molecule has 0 spiro atoms. The van der Waals surface area contributed by atoms with Gasteiger partial charge >= 0.3 is 0 Å². The zero-order valence-corrected chi connectivity index (χ0v) is 17.3. The summed E-state index contributed by atoms with van der Waals surface area (Å²) in [5.41, 5.74) is 7.36. The Morgan fingerprint density at radius 1 is 0.815 bits per heavy atom. The molecule has 0 aliphatic heterocycles. The van der Waals surface area contributed by atoms with Crippen molar-refractivity contribution in [1.82, 2.24) is 0 Å². The van der Waals surface area contributed by atoms with Crippen LogP contribution in [0, 0.1) is 6.92 Å². The van der Waals surface area contributed by atoms with E-state index in [1.54, 1.807) is 0 Å². The third-order valence-electron chi connectivity index (χ3n) is 4.99. The molecule has 2 aromatic heterocycles. The first-order valence-electron chi connectivity index (χ1n) is 8.78. The van der Waals surface area contributed by atoms with Crippen LogP contribution in [0.2, 0.25) is 0 Å². The van der Waals surface area contributed by atoms with Gasteiger partial charge in [0.1, 0.15) is 18.3 Å². The third kappa shape index (κ3) is 2.84. The second-order valence-electron chi connectivity index (χ2n) is 6.72. The lowest BCUT2D eigenvalue weighted by Gasteiger charge is -2.10. The molecular formula is C23H19IN2O. The second kappa shape index (κ2) is 6.85. The maximum absolute atomic E-state index is 6.29. The molecule has 2 heterocycles. The van der Waals surface area contributed by atoms with E-state index < -0.39 is 0 Å². The zero-order chi connectivity index (χ0) is 17.7. The fourth-order valence-electron chi connectivity index (χ4n) is 3.66. The lowest BCUT2D eigenvalue weighted by atomic mass is 10.1. The van der Waals surface area contributed by atoms with Gasteiger partial charge in [0.15, 0.2) is 0 Å². The Morgan fingerprint density at radius 2 is 1.48 bits per heavy atom. The number of para-hydroxylation sites is 2. The molecule has 0 radical (unpaired) electrons. The summed E-state index contributed by atoms with van der Waals surface area (Å²) in [6.45, 7) is 2.10. The lowest BCUT2D eigenvalue weighted by molar-refractivity contribution is -0.616. The van der Waals surface area contributed by atoms with Gasteiger partial charge < -0.3 is 33.7 Å². The van der Waals surface area contributed by atoms with Crippen molar-refractivity contribution in [3.8, 4) is 0 Å². The van der Waals surface area contributed by atoms with Crippen LogP contribution in [0.25, 0.3) is 33.0 Å². The number of halogens is 1. The number of nitrogens with zero attached hydrogens (tertiary/aromatic N) is 1. The summed E-state index contributed by atoms with van der Waals surface area (Å²) >= 11 is 0. The Labute approximate surface area is 174 Å². The van der Waals surface area contributed by atoms with Crippen molar-refractivity contribution < 1.29 is 33.0 Å². The van der Waals surface area contributed by atoms with Crippen molar-refractivity contribution in [2.45, 2.75) is 6.92 Å². The monoisotopic (exact) mass is 466 g/mol. The summed E-state index contributed by atoms with van der Waals surface area (Å²) in [4.78, 5) is 0. The van der Waals surface area contributed by atoms with Gasteiger partial charge in [0, 0.05) is 11.8 Å². The number of anilines is 2. The highest BCUT2D eigenvalue weighted by Gasteiger charge is 2.24. The average molecular weight is 466 g/mol. The minimum Gasteiger partial charge on any atom is -1.00 e. The maximum Gasteiger partial charge on any atom is 0.261 e. The van der Waals surface area contributed by atoms with E-state index in [0.717, 1.165) is 38.8 Å². The van der Waals surface area contributed by atoms with Crippen LogP contribution in [0.4, 0.5) is 11.4 Å². The molecule has 0 fully saturated rings. The number of hydrogen-bond acceptors (Lipinski definition) is 2.